The van der Waals surface area contributed by atoms with Crippen molar-refractivity contribution in [3.05, 3.63) is 0 Å². The van der Waals surface area contributed by atoms with Crippen LogP contribution in [0.1, 0.15) is 54.4 Å². The molecule has 0 atom stereocenters. The lowest BCUT2D eigenvalue weighted by Gasteiger charge is -2.23. The fraction of sp³-hybridized carbons (Fsp3) is 1.00. The van der Waals surface area contributed by atoms with Gasteiger partial charge in [-0.1, -0.05) is 41.5 Å². The zero-order chi connectivity index (χ0) is 16.4. The molecule has 0 rings (SSSR count). The van der Waals surface area contributed by atoms with Crippen LogP contribution in [0.2, 0.25) is 0 Å². The van der Waals surface area contributed by atoms with Gasteiger partial charge in [0.15, 0.2) is 0 Å². The van der Waals surface area contributed by atoms with Gasteiger partial charge in [-0.15, -0.1) is 0 Å². The molecule has 0 aromatic rings. The molecule has 0 radical (unpaired) electrons. The van der Waals surface area contributed by atoms with Crippen molar-refractivity contribution >= 4 is 14.7 Å². The van der Waals surface area contributed by atoms with Crippen LogP contribution in [0.3, 0.4) is 0 Å². The standard InChI is InChI=1S/2C7H17O2P/c1-6(2)10(8,9-5)7(3)4;1-4-6-10(8,9-3)7-5-2/h6-7H,1-5H3;4-7H2,1-3H3. The fourth-order valence-corrected chi connectivity index (χ4v) is 5.98. The normalized spacial score (nSPS) is 12.5. The van der Waals surface area contributed by atoms with Gasteiger partial charge in [0.05, 0.1) is 0 Å². The average molecular weight is 328 g/mol. The minimum atomic E-state index is -2.34. The molecule has 0 N–H and O–H groups in total. The summed E-state index contributed by atoms with van der Waals surface area (Å²) < 4.78 is 33.3. The van der Waals surface area contributed by atoms with Crippen molar-refractivity contribution in [3.63, 3.8) is 0 Å². The molecular weight excluding hydrogens is 294 g/mol. The molecule has 0 unspecified atom stereocenters. The first-order chi connectivity index (χ1) is 9.13. The smallest absolute Gasteiger partial charge is 0.207 e. The second kappa shape index (κ2) is 11.0. The van der Waals surface area contributed by atoms with E-state index in [1.165, 1.54) is 7.11 Å². The molecule has 0 aliphatic carbocycles. The van der Waals surface area contributed by atoms with Gasteiger partial charge >= 0.3 is 0 Å². The molecule has 0 aromatic heterocycles. The first-order valence-corrected chi connectivity index (χ1v) is 11.2. The maximum Gasteiger partial charge on any atom is 0.207 e. The highest BCUT2D eigenvalue weighted by Crippen LogP contribution is 2.55. The number of hydrogen-bond acceptors (Lipinski definition) is 4. The number of hydrogen-bond donors (Lipinski definition) is 0. The highest BCUT2D eigenvalue weighted by atomic mass is 31.2. The Bertz CT molecular complexity index is 305. The Kier molecular flexibility index (Phi) is 12.5. The van der Waals surface area contributed by atoms with E-state index in [1.54, 1.807) is 7.11 Å². The molecule has 0 aliphatic heterocycles. The van der Waals surface area contributed by atoms with Crippen molar-refractivity contribution in [2.45, 2.75) is 65.7 Å². The third-order valence-electron chi connectivity index (χ3n) is 3.19. The van der Waals surface area contributed by atoms with Crippen LogP contribution in [-0.4, -0.2) is 37.9 Å². The van der Waals surface area contributed by atoms with Crippen molar-refractivity contribution in [2.24, 2.45) is 0 Å². The summed E-state index contributed by atoms with van der Waals surface area (Å²) in [6, 6.07) is 0. The summed E-state index contributed by atoms with van der Waals surface area (Å²) in [5.74, 6) is 0. The summed E-state index contributed by atoms with van der Waals surface area (Å²) in [7, 11) is -1.47. The quantitative estimate of drug-likeness (QED) is 0.555. The Morgan fingerprint density at radius 2 is 1.15 bits per heavy atom. The molecule has 0 saturated carbocycles. The van der Waals surface area contributed by atoms with Crippen molar-refractivity contribution < 1.29 is 18.2 Å². The molecule has 0 aliphatic rings. The molecule has 20 heavy (non-hydrogen) atoms. The van der Waals surface area contributed by atoms with Gasteiger partial charge in [0.1, 0.15) is 0 Å². The van der Waals surface area contributed by atoms with Crippen LogP contribution in [0.4, 0.5) is 0 Å². The Morgan fingerprint density at radius 3 is 1.25 bits per heavy atom. The van der Waals surface area contributed by atoms with Gasteiger partial charge in [-0.25, -0.2) is 0 Å². The SMILES string of the molecule is CCCP(=O)(CCC)OC.COP(=O)(C(C)C)C(C)C. The van der Waals surface area contributed by atoms with Crippen LogP contribution in [0.5, 0.6) is 0 Å². The minimum Gasteiger partial charge on any atom is -0.332 e. The molecule has 4 nitrogen and oxygen atoms in total. The topological polar surface area (TPSA) is 52.6 Å². The van der Waals surface area contributed by atoms with E-state index in [-0.39, 0.29) is 11.3 Å². The van der Waals surface area contributed by atoms with Crippen molar-refractivity contribution in [3.8, 4) is 0 Å². The molecule has 0 heterocycles. The maximum absolute atomic E-state index is 11.8. The van der Waals surface area contributed by atoms with Crippen molar-refractivity contribution in [1.29, 1.82) is 0 Å². The van der Waals surface area contributed by atoms with Gasteiger partial charge in [-0.05, 0) is 12.8 Å². The summed E-state index contributed by atoms with van der Waals surface area (Å²) >= 11 is 0. The highest BCUT2D eigenvalue weighted by Gasteiger charge is 2.29. The summed E-state index contributed by atoms with van der Waals surface area (Å²) in [6.45, 7) is 11.8. The van der Waals surface area contributed by atoms with Crippen molar-refractivity contribution in [2.75, 3.05) is 26.5 Å². The van der Waals surface area contributed by atoms with E-state index in [1.807, 2.05) is 41.5 Å². The number of rotatable bonds is 8. The fourth-order valence-electron chi connectivity index (χ4n) is 1.99. The van der Waals surface area contributed by atoms with Crippen LogP contribution >= 0.6 is 14.7 Å². The zero-order valence-corrected chi connectivity index (χ0v) is 16.3. The molecule has 0 saturated heterocycles. The van der Waals surface area contributed by atoms with Gasteiger partial charge in [0.2, 0.25) is 14.7 Å². The average Bonchev–Trinajstić information content (AvgIpc) is 2.38. The minimum absolute atomic E-state index is 0.137. The third kappa shape index (κ3) is 7.98. The summed E-state index contributed by atoms with van der Waals surface area (Å²) in [5, 5.41) is 0. The lowest BCUT2D eigenvalue weighted by molar-refractivity contribution is 0.379. The molecule has 0 aromatic carbocycles. The lowest BCUT2D eigenvalue weighted by Crippen LogP contribution is -2.09. The van der Waals surface area contributed by atoms with Gasteiger partial charge in [-0.3, -0.25) is 9.13 Å². The van der Waals surface area contributed by atoms with Crippen molar-refractivity contribution in [1.82, 2.24) is 0 Å². The zero-order valence-electron chi connectivity index (χ0n) is 14.5. The van der Waals surface area contributed by atoms with E-state index in [4.69, 9.17) is 9.05 Å². The van der Waals surface area contributed by atoms with Crippen LogP contribution in [0, 0.1) is 0 Å². The third-order valence-corrected chi connectivity index (χ3v) is 9.56. The van der Waals surface area contributed by atoms with E-state index in [0.717, 1.165) is 25.2 Å². The predicted octanol–water partition coefficient (Wildman–Crippen LogP) is 5.46. The first-order valence-electron chi connectivity index (χ1n) is 7.42. The predicted molar refractivity (Wildman–Crippen MR) is 89.8 cm³/mol. The van der Waals surface area contributed by atoms with Gasteiger partial charge in [0.25, 0.3) is 0 Å². The second-order valence-electron chi connectivity index (χ2n) is 5.46. The van der Waals surface area contributed by atoms with Gasteiger partial charge < -0.3 is 9.05 Å². The first kappa shape index (κ1) is 22.7. The monoisotopic (exact) mass is 328 g/mol. The molecule has 124 valence electrons. The van der Waals surface area contributed by atoms with E-state index in [2.05, 4.69) is 0 Å². The summed E-state index contributed by atoms with van der Waals surface area (Å²) in [6.07, 6.45) is 3.37. The largest absolute Gasteiger partial charge is 0.332 e. The summed E-state index contributed by atoms with van der Waals surface area (Å²) in [5.41, 5.74) is 0.273. The van der Waals surface area contributed by atoms with Gasteiger partial charge in [0, 0.05) is 37.9 Å². The molecule has 0 fully saturated rings. The van der Waals surface area contributed by atoms with E-state index >= 15 is 0 Å². The highest BCUT2D eigenvalue weighted by molar-refractivity contribution is 7.60. The maximum atomic E-state index is 11.8. The molecule has 6 heteroatoms. The van der Waals surface area contributed by atoms with Gasteiger partial charge in [-0.2, -0.15) is 0 Å². The van der Waals surface area contributed by atoms with E-state index in [0.29, 0.717) is 0 Å². The Morgan fingerprint density at radius 1 is 0.800 bits per heavy atom. The molecule has 0 amide bonds. The van der Waals surface area contributed by atoms with E-state index < -0.39 is 14.7 Å². The summed E-state index contributed by atoms with van der Waals surface area (Å²) in [4.78, 5) is 0. The Hall–Kier alpha value is 0.380. The van der Waals surface area contributed by atoms with Crippen LogP contribution < -0.4 is 0 Å². The van der Waals surface area contributed by atoms with Crippen LogP contribution in [-0.2, 0) is 18.2 Å². The van der Waals surface area contributed by atoms with Crippen LogP contribution in [0.15, 0.2) is 0 Å². The lowest BCUT2D eigenvalue weighted by atomic mass is 10.5. The second-order valence-corrected chi connectivity index (χ2v) is 12.1. The molecule has 0 bridgehead atoms. The molecule has 0 spiro atoms. The molecular formula is C14H34O4P2. The Labute approximate surface area is 125 Å². The van der Waals surface area contributed by atoms with E-state index in [9.17, 15) is 9.13 Å². The Balaban J connectivity index is 0. The van der Waals surface area contributed by atoms with Crippen LogP contribution in [0.25, 0.3) is 0 Å².